The molecule has 2 unspecified atom stereocenters. The second-order valence-corrected chi connectivity index (χ2v) is 4.27. The van der Waals surface area contributed by atoms with Gasteiger partial charge < -0.3 is 20.5 Å². The van der Waals surface area contributed by atoms with Crippen molar-refractivity contribution in [3.63, 3.8) is 0 Å². The highest BCUT2D eigenvalue weighted by molar-refractivity contribution is 5.76. The maximum absolute atomic E-state index is 11.4. The number of methoxy groups -OCH3 is 1. The van der Waals surface area contributed by atoms with Crippen molar-refractivity contribution in [1.29, 1.82) is 0 Å². The first-order chi connectivity index (χ1) is 8.52. The topological polar surface area (TPSA) is 105 Å². The summed E-state index contributed by atoms with van der Waals surface area (Å²) in [6, 6.07) is -0.487. The van der Waals surface area contributed by atoms with E-state index in [2.05, 4.69) is 15.4 Å². The van der Waals surface area contributed by atoms with E-state index in [1.807, 2.05) is 0 Å². The molecule has 1 aliphatic rings. The van der Waals surface area contributed by atoms with Crippen LogP contribution < -0.4 is 10.6 Å². The number of amides is 2. The zero-order valence-electron chi connectivity index (χ0n) is 10.3. The molecule has 7 nitrogen and oxygen atoms in total. The third-order valence-electron chi connectivity index (χ3n) is 2.96. The Morgan fingerprint density at radius 2 is 2.06 bits per heavy atom. The summed E-state index contributed by atoms with van der Waals surface area (Å²) < 4.78 is 4.43. The Labute approximate surface area is 105 Å². The van der Waals surface area contributed by atoms with Gasteiger partial charge in [-0.3, -0.25) is 9.59 Å². The number of esters is 1. The number of carbonyl (C=O) groups excluding carboxylic acids is 2. The van der Waals surface area contributed by atoms with Crippen LogP contribution in [0.2, 0.25) is 0 Å². The van der Waals surface area contributed by atoms with Crippen LogP contribution in [0.15, 0.2) is 0 Å². The molecule has 0 heterocycles. The third-order valence-corrected chi connectivity index (χ3v) is 2.96. The van der Waals surface area contributed by atoms with E-state index in [9.17, 15) is 14.4 Å². The standard InChI is InChI=1S/C11H18N2O5/c1-18-9(14)4-5-12-11(17)13-8-3-2-7(6-8)10(15)16/h7-8H,2-6H2,1H3,(H,15,16)(H2,12,13,17). The lowest BCUT2D eigenvalue weighted by Crippen LogP contribution is -2.41. The molecule has 0 radical (unpaired) electrons. The molecule has 0 aromatic heterocycles. The minimum absolute atomic E-state index is 0.107. The minimum Gasteiger partial charge on any atom is -0.481 e. The number of nitrogens with one attached hydrogen (secondary N) is 2. The van der Waals surface area contributed by atoms with E-state index >= 15 is 0 Å². The van der Waals surface area contributed by atoms with Gasteiger partial charge >= 0.3 is 18.0 Å². The van der Waals surface area contributed by atoms with Gasteiger partial charge in [0.15, 0.2) is 0 Å². The van der Waals surface area contributed by atoms with E-state index in [1.165, 1.54) is 7.11 Å². The highest BCUT2D eigenvalue weighted by Crippen LogP contribution is 2.25. The molecule has 2 amide bonds. The van der Waals surface area contributed by atoms with Crippen LogP contribution in [0.25, 0.3) is 0 Å². The Morgan fingerprint density at radius 3 is 2.61 bits per heavy atom. The number of carbonyl (C=O) groups is 3. The van der Waals surface area contributed by atoms with Crippen molar-refractivity contribution >= 4 is 18.0 Å². The van der Waals surface area contributed by atoms with Gasteiger partial charge in [0.25, 0.3) is 0 Å². The number of hydrogen-bond donors (Lipinski definition) is 3. The van der Waals surface area contributed by atoms with E-state index in [0.29, 0.717) is 19.3 Å². The second-order valence-electron chi connectivity index (χ2n) is 4.27. The summed E-state index contributed by atoms with van der Waals surface area (Å²) in [6.45, 7) is 0.202. The Morgan fingerprint density at radius 1 is 1.33 bits per heavy atom. The third kappa shape index (κ3) is 4.60. The molecule has 2 atom stereocenters. The maximum atomic E-state index is 11.4. The minimum atomic E-state index is -0.814. The van der Waals surface area contributed by atoms with Crippen molar-refractivity contribution in [1.82, 2.24) is 10.6 Å². The van der Waals surface area contributed by atoms with Gasteiger partial charge in [-0.15, -0.1) is 0 Å². The largest absolute Gasteiger partial charge is 0.481 e. The smallest absolute Gasteiger partial charge is 0.315 e. The number of rotatable bonds is 5. The second kappa shape index (κ2) is 6.83. The predicted octanol–water partition coefficient (Wildman–Crippen LogP) is 0.102. The monoisotopic (exact) mass is 258 g/mol. The molecular formula is C11H18N2O5. The average molecular weight is 258 g/mol. The number of urea groups is 1. The maximum Gasteiger partial charge on any atom is 0.315 e. The first kappa shape index (κ1) is 14.3. The van der Waals surface area contributed by atoms with Crippen molar-refractivity contribution in [3.05, 3.63) is 0 Å². The Kier molecular flexibility index (Phi) is 5.41. The highest BCUT2D eigenvalue weighted by atomic mass is 16.5. The zero-order valence-corrected chi connectivity index (χ0v) is 10.3. The van der Waals surface area contributed by atoms with Crippen molar-refractivity contribution in [3.8, 4) is 0 Å². The fourth-order valence-electron chi connectivity index (χ4n) is 1.95. The lowest BCUT2D eigenvalue weighted by Gasteiger charge is -2.13. The molecule has 1 rings (SSSR count). The van der Waals surface area contributed by atoms with Gasteiger partial charge in [0.1, 0.15) is 0 Å². The van der Waals surface area contributed by atoms with Crippen LogP contribution in [0.1, 0.15) is 25.7 Å². The van der Waals surface area contributed by atoms with Gasteiger partial charge in [-0.05, 0) is 19.3 Å². The van der Waals surface area contributed by atoms with Crippen LogP contribution in [0.4, 0.5) is 4.79 Å². The van der Waals surface area contributed by atoms with E-state index in [4.69, 9.17) is 5.11 Å². The molecule has 18 heavy (non-hydrogen) atoms. The SMILES string of the molecule is COC(=O)CCNC(=O)NC1CCC(C(=O)O)C1. The number of carboxylic acids is 1. The summed E-state index contributed by atoms with van der Waals surface area (Å²) in [6.07, 6.45) is 1.83. The summed E-state index contributed by atoms with van der Waals surface area (Å²) in [5.74, 6) is -1.57. The number of aliphatic carboxylic acids is 1. The lowest BCUT2D eigenvalue weighted by molar-refractivity contribution is -0.142. The number of carboxylic acid groups (broad SMARTS) is 1. The van der Waals surface area contributed by atoms with E-state index < -0.39 is 5.97 Å². The Balaban J connectivity index is 2.17. The van der Waals surface area contributed by atoms with Gasteiger partial charge in [0.05, 0.1) is 19.4 Å². The quantitative estimate of drug-likeness (QED) is 0.607. The van der Waals surface area contributed by atoms with Crippen LogP contribution in [0, 0.1) is 5.92 Å². The molecule has 0 spiro atoms. The molecule has 0 bridgehead atoms. The first-order valence-corrected chi connectivity index (χ1v) is 5.87. The van der Waals surface area contributed by atoms with Crippen molar-refractivity contribution in [2.45, 2.75) is 31.7 Å². The summed E-state index contributed by atoms with van der Waals surface area (Å²) in [5, 5.41) is 14.0. The Hall–Kier alpha value is -1.79. The lowest BCUT2D eigenvalue weighted by atomic mass is 10.1. The molecule has 0 aromatic rings. The number of hydrogen-bond acceptors (Lipinski definition) is 4. The van der Waals surface area contributed by atoms with Crippen molar-refractivity contribution < 1.29 is 24.2 Å². The summed E-state index contributed by atoms with van der Waals surface area (Å²) >= 11 is 0. The normalized spacial score (nSPS) is 22.3. The van der Waals surface area contributed by atoms with Crippen LogP contribution in [0.3, 0.4) is 0 Å². The molecule has 0 aliphatic heterocycles. The fraction of sp³-hybridized carbons (Fsp3) is 0.727. The fourth-order valence-corrected chi connectivity index (χ4v) is 1.95. The summed E-state index contributed by atoms with van der Waals surface area (Å²) in [4.78, 5) is 33.0. The zero-order chi connectivity index (χ0) is 13.5. The molecule has 102 valence electrons. The van der Waals surface area contributed by atoms with E-state index in [0.717, 1.165) is 0 Å². The molecule has 0 aromatic carbocycles. The molecule has 7 heteroatoms. The predicted molar refractivity (Wildman–Crippen MR) is 61.9 cm³/mol. The average Bonchev–Trinajstić information content (AvgIpc) is 2.77. The molecule has 3 N–H and O–H groups in total. The van der Waals surface area contributed by atoms with Gasteiger partial charge in [0.2, 0.25) is 0 Å². The molecular weight excluding hydrogens is 240 g/mol. The number of ether oxygens (including phenoxy) is 1. The van der Waals surface area contributed by atoms with Gasteiger partial charge in [-0.25, -0.2) is 4.79 Å². The van der Waals surface area contributed by atoms with E-state index in [-0.39, 0.29) is 36.9 Å². The summed E-state index contributed by atoms with van der Waals surface area (Å²) in [7, 11) is 1.28. The summed E-state index contributed by atoms with van der Waals surface area (Å²) in [5.41, 5.74) is 0. The van der Waals surface area contributed by atoms with Gasteiger partial charge in [-0.1, -0.05) is 0 Å². The van der Waals surface area contributed by atoms with Crippen LogP contribution >= 0.6 is 0 Å². The molecule has 0 saturated heterocycles. The first-order valence-electron chi connectivity index (χ1n) is 5.87. The van der Waals surface area contributed by atoms with Crippen LogP contribution in [-0.2, 0) is 14.3 Å². The molecule has 1 fully saturated rings. The molecule has 1 saturated carbocycles. The Bertz CT molecular complexity index is 331. The molecule has 1 aliphatic carbocycles. The van der Waals surface area contributed by atoms with E-state index in [1.54, 1.807) is 0 Å². The highest BCUT2D eigenvalue weighted by Gasteiger charge is 2.30. The van der Waals surface area contributed by atoms with Crippen LogP contribution in [0.5, 0.6) is 0 Å². The van der Waals surface area contributed by atoms with Crippen molar-refractivity contribution in [2.75, 3.05) is 13.7 Å². The van der Waals surface area contributed by atoms with Gasteiger partial charge in [0, 0.05) is 12.6 Å². The van der Waals surface area contributed by atoms with Crippen LogP contribution in [-0.4, -0.2) is 42.8 Å². The van der Waals surface area contributed by atoms with Crippen molar-refractivity contribution in [2.24, 2.45) is 5.92 Å². The van der Waals surface area contributed by atoms with Gasteiger partial charge in [-0.2, -0.15) is 0 Å².